The quantitative estimate of drug-likeness (QED) is 0.334. The van der Waals surface area contributed by atoms with E-state index in [1.54, 1.807) is 12.2 Å². The maximum absolute atomic E-state index is 13.9. The summed E-state index contributed by atoms with van der Waals surface area (Å²) in [5, 5.41) is 13.1. The smallest absolute Gasteiger partial charge is 0.434 e. The molecule has 1 saturated carbocycles. The van der Waals surface area contributed by atoms with Crippen molar-refractivity contribution in [1.29, 1.82) is 0 Å². The van der Waals surface area contributed by atoms with Crippen molar-refractivity contribution in [2.45, 2.75) is 83.2 Å². The third-order valence-corrected chi connectivity index (χ3v) is 9.38. The number of allylic oxidation sites excluding steroid dienone is 5. The zero-order chi connectivity index (χ0) is 31.0. The number of hydrogen-bond donors (Lipinski definition) is 1. The number of likely N-dealkylation sites (tertiary alicyclic amines) is 1. The molecular formula is C34H38F3N3O4. The van der Waals surface area contributed by atoms with Crippen LogP contribution in [0, 0.1) is 12.8 Å². The minimum Gasteiger partial charge on any atom is -0.489 e. The third-order valence-electron chi connectivity index (χ3n) is 9.38. The number of aryl methyl sites for hydroxylation is 1. The lowest BCUT2D eigenvalue weighted by atomic mass is 9.84. The zero-order valence-electron chi connectivity index (χ0n) is 25.0. The highest BCUT2D eigenvalue weighted by atomic mass is 19.4. The molecule has 1 aromatic carbocycles. The van der Waals surface area contributed by atoms with Crippen LogP contribution in [0.1, 0.15) is 97.3 Å². The standard InChI is InChI=1S/C34H38F3N3O4/c1-21-17-24(22-13-15-39(16-14-22)32(41)23-9-10-23)11-12-30(21)44-20-26-5-2-3-8-28(26)25-6-4-7-27(18-25)40-31(34(35,36)37)29(19-38-40)33(42)43/h7,11-12,17-19,22-23H,2-6,8-10,13-16,20H2,1H3,(H,42,43). The van der Waals surface area contributed by atoms with Crippen molar-refractivity contribution in [2.24, 2.45) is 5.92 Å². The van der Waals surface area contributed by atoms with E-state index in [1.807, 2.05) is 11.0 Å². The van der Waals surface area contributed by atoms with Crippen molar-refractivity contribution < 1.29 is 32.6 Å². The second-order valence-corrected chi connectivity index (χ2v) is 12.4. The molecule has 2 aromatic rings. The number of carbonyl (C=O) groups excluding carboxylic acids is 1. The Bertz CT molecular complexity index is 1540. The molecule has 0 atom stereocenters. The van der Waals surface area contributed by atoms with Gasteiger partial charge in [-0.15, -0.1) is 0 Å². The average Bonchev–Trinajstić information content (AvgIpc) is 3.76. The first-order valence-corrected chi connectivity index (χ1v) is 15.6. The zero-order valence-corrected chi connectivity index (χ0v) is 25.0. The number of carbonyl (C=O) groups is 2. The van der Waals surface area contributed by atoms with E-state index < -0.39 is 23.4 Å². The molecule has 0 spiro atoms. The van der Waals surface area contributed by atoms with Gasteiger partial charge in [-0.3, -0.25) is 4.79 Å². The highest BCUT2D eigenvalue weighted by molar-refractivity contribution is 5.89. The molecule has 4 aliphatic rings. The van der Waals surface area contributed by atoms with Gasteiger partial charge in [0.05, 0.1) is 11.9 Å². The van der Waals surface area contributed by atoms with Crippen LogP contribution in [-0.4, -0.2) is 51.4 Å². The molecule has 1 amide bonds. The molecule has 44 heavy (non-hydrogen) atoms. The second kappa shape index (κ2) is 12.3. The Labute approximate surface area is 255 Å². The molecule has 6 rings (SSSR count). The second-order valence-electron chi connectivity index (χ2n) is 12.4. The van der Waals surface area contributed by atoms with Gasteiger partial charge < -0.3 is 14.7 Å². The van der Waals surface area contributed by atoms with Crippen LogP contribution >= 0.6 is 0 Å². The Balaban J connectivity index is 1.16. The Morgan fingerprint density at radius 3 is 2.50 bits per heavy atom. The Hall–Kier alpha value is -3.82. The molecule has 3 aliphatic carbocycles. The molecule has 0 unspecified atom stereocenters. The van der Waals surface area contributed by atoms with Crippen molar-refractivity contribution in [1.82, 2.24) is 14.7 Å². The molecule has 7 nitrogen and oxygen atoms in total. The van der Waals surface area contributed by atoms with Crippen LogP contribution in [0.15, 0.2) is 53.3 Å². The number of benzene rings is 1. The summed E-state index contributed by atoms with van der Waals surface area (Å²) in [6.07, 6.45) is 8.25. The summed E-state index contributed by atoms with van der Waals surface area (Å²) in [4.78, 5) is 25.9. The Kier molecular flexibility index (Phi) is 8.44. The van der Waals surface area contributed by atoms with E-state index in [4.69, 9.17) is 4.74 Å². The van der Waals surface area contributed by atoms with Crippen molar-refractivity contribution in [3.63, 3.8) is 0 Å². The number of alkyl halides is 3. The van der Waals surface area contributed by atoms with Crippen molar-refractivity contribution in [2.75, 3.05) is 19.7 Å². The lowest BCUT2D eigenvalue weighted by molar-refractivity contribution is -0.143. The summed E-state index contributed by atoms with van der Waals surface area (Å²) < 4.78 is 48.6. The highest BCUT2D eigenvalue weighted by Gasteiger charge is 2.41. The largest absolute Gasteiger partial charge is 0.489 e. The SMILES string of the molecule is Cc1cc(C2CCN(C(=O)C3CC3)CC2)ccc1OCC1=C(C2=CC(n3ncc(C(=O)O)c3C(F)(F)F)=CCC2)CCCC1. The normalized spacial score (nSPS) is 20.0. The van der Waals surface area contributed by atoms with Gasteiger partial charge in [0.15, 0.2) is 5.69 Å². The molecule has 0 radical (unpaired) electrons. The number of piperidine rings is 1. The topological polar surface area (TPSA) is 84.7 Å². The lowest BCUT2D eigenvalue weighted by Crippen LogP contribution is -2.38. The van der Waals surface area contributed by atoms with Gasteiger partial charge in [0.2, 0.25) is 5.91 Å². The summed E-state index contributed by atoms with van der Waals surface area (Å²) in [7, 11) is 0. The Morgan fingerprint density at radius 2 is 1.82 bits per heavy atom. The van der Waals surface area contributed by atoms with Gasteiger partial charge in [-0.25, -0.2) is 9.48 Å². The summed E-state index contributed by atoms with van der Waals surface area (Å²) >= 11 is 0. The van der Waals surface area contributed by atoms with E-state index in [2.05, 4.69) is 24.2 Å². The van der Waals surface area contributed by atoms with Crippen LogP contribution in [0.4, 0.5) is 13.2 Å². The molecule has 1 N–H and O–H groups in total. The van der Waals surface area contributed by atoms with Crippen LogP contribution in [0.5, 0.6) is 5.75 Å². The molecule has 2 heterocycles. The van der Waals surface area contributed by atoms with E-state index in [0.717, 1.165) is 98.7 Å². The van der Waals surface area contributed by atoms with E-state index in [1.165, 1.54) is 5.56 Å². The number of amides is 1. The van der Waals surface area contributed by atoms with Gasteiger partial charge in [0.1, 0.15) is 17.9 Å². The maximum atomic E-state index is 13.9. The molecular weight excluding hydrogens is 571 g/mol. The maximum Gasteiger partial charge on any atom is 0.434 e. The number of nitrogens with zero attached hydrogens (tertiary/aromatic N) is 3. The number of aromatic nitrogens is 2. The minimum atomic E-state index is -4.86. The first-order chi connectivity index (χ1) is 21.1. The van der Waals surface area contributed by atoms with E-state index in [0.29, 0.717) is 36.0 Å². The number of hydrogen-bond acceptors (Lipinski definition) is 4. The highest BCUT2D eigenvalue weighted by Crippen LogP contribution is 2.39. The van der Waals surface area contributed by atoms with Crippen molar-refractivity contribution >= 4 is 17.6 Å². The van der Waals surface area contributed by atoms with E-state index in [-0.39, 0.29) is 11.6 Å². The van der Waals surface area contributed by atoms with Gasteiger partial charge in [0.25, 0.3) is 0 Å². The summed E-state index contributed by atoms with van der Waals surface area (Å²) in [5.41, 5.74) is 3.68. The van der Waals surface area contributed by atoms with Crippen molar-refractivity contribution in [3.8, 4) is 5.75 Å². The van der Waals surface area contributed by atoms with Crippen LogP contribution < -0.4 is 4.74 Å². The minimum absolute atomic E-state index is 0.235. The fourth-order valence-electron chi connectivity index (χ4n) is 6.83. The summed E-state index contributed by atoms with van der Waals surface area (Å²) in [5.74, 6) is 0.184. The first kappa shape index (κ1) is 30.2. The van der Waals surface area contributed by atoms with Crippen LogP contribution in [0.3, 0.4) is 0 Å². The summed E-state index contributed by atoms with van der Waals surface area (Å²) in [6, 6.07) is 6.37. The molecule has 1 aromatic heterocycles. The Morgan fingerprint density at radius 1 is 1.07 bits per heavy atom. The fraction of sp³-hybridized carbons (Fsp3) is 0.500. The number of halogens is 3. The fourth-order valence-corrected chi connectivity index (χ4v) is 6.83. The average molecular weight is 610 g/mol. The van der Waals surface area contributed by atoms with E-state index in [9.17, 15) is 27.9 Å². The number of rotatable bonds is 8. The predicted molar refractivity (Wildman–Crippen MR) is 159 cm³/mol. The van der Waals surface area contributed by atoms with Crippen LogP contribution in [-0.2, 0) is 11.0 Å². The molecule has 10 heteroatoms. The molecule has 1 aliphatic heterocycles. The third kappa shape index (κ3) is 6.35. The van der Waals surface area contributed by atoms with Gasteiger partial charge in [-0.1, -0.05) is 18.2 Å². The van der Waals surface area contributed by atoms with Gasteiger partial charge in [-0.05, 0) is 117 Å². The number of carboxylic acid groups (broad SMARTS) is 1. The monoisotopic (exact) mass is 609 g/mol. The molecule has 2 fully saturated rings. The number of ether oxygens (including phenoxy) is 1. The molecule has 0 bridgehead atoms. The van der Waals surface area contributed by atoms with Crippen molar-refractivity contribution in [3.05, 3.63) is 75.7 Å². The first-order valence-electron chi connectivity index (χ1n) is 15.6. The number of carboxylic acids is 1. The lowest BCUT2D eigenvalue weighted by Gasteiger charge is -2.32. The number of aromatic carboxylic acids is 1. The van der Waals surface area contributed by atoms with E-state index >= 15 is 0 Å². The molecule has 1 saturated heterocycles. The summed E-state index contributed by atoms with van der Waals surface area (Å²) in [6.45, 7) is 4.10. The van der Waals surface area contributed by atoms with Gasteiger partial charge in [-0.2, -0.15) is 18.3 Å². The predicted octanol–water partition coefficient (Wildman–Crippen LogP) is 7.54. The van der Waals surface area contributed by atoms with Gasteiger partial charge in [0, 0.05) is 19.0 Å². The van der Waals surface area contributed by atoms with Crippen LogP contribution in [0.25, 0.3) is 5.70 Å². The molecule has 234 valence electrons. The van der Waals surface area contributed by atoms with Gasteiger partial charge >= 0.3 is 12.1 Å². The van der Waals surface area contributed by atoms with Crippen LogP contribution in [0.2, 0.25) is 0 Å².